The molecule has 8 N–H and O–H groups in total. The standard InChI is InChI=1S/C62H104FN3O16/c1-17-46-60(14,75)50(70)38(8)66(25-19-24-64-55(73)62(76)34(4)26-43-42-21-20-40-28-41(67)22-23-56(40,10)61(42,63)45(68)30-57(43,62)11)32-33(3)29-58(12,74)52(82-54-48(69)44(65(15)18-2)27-35(5)78-54)36(6)49(37(7)53(72)80-46)81-47-31-59(13,77-16)51(71)39(9)79-47/h22-23,28,33-39,42-52,54,68-71,74-76H,17-21,24-27,29-32H2,1-16H3,(H,64,73)/t33-,34-,35-,36+,37-,38-,39+,42?,43?,44+,45+,46-,47?,48-,49+,50-,51+,52-,54?,56+,57+,58-,59-,60-,61+,62+/m1/s1. The number of methoxy groups -OCH3 is 1. The van der Waals surface area contributed by atoms with Gasteiger partial charge in [0.05, 0.1) is 47.6 Å². The summed E-state index contributed by atoms with van der Waals surface area (Å²) in [5, 5.41) is 88.7. The molecule has 7 aliphatic rings. The molecule has 0 aromatic carbocycles. The summed E-state index contributed by atoms with van der Waals surface area (Å²) in [5.41, 5.74) is -10.7. The fourth-order valence-electron chi connectivity index (χ4n) is 16.7. The zero-order valence-corrected chi connectivity index (χ0v) is 52.0. The fraction of sp³-hybridized carbons (Fsp3) is 0.887. The van der Waals surface area contributed by atoms with Gasteiger partial charge in [-0.15, -0.1) is 0 Å². The molecule has 0 radical (unpaired) electrons. The summed E-state index contributed by atoms with van der Waals surface area (Å²) in [4.78, 5) is 45.8. The number of aliphatic hydroxyl groups is 7. The topological polar surface area (TPSA) is 267 Å². The number of fused-ring (bicyclic) bond motifs is 5. The monoisotopic (exact) mass is 1170 g/mol. The van der Waals surface area contributed by atoms with E-state index >= 15 is 4.39 Å². The van der Waals surface area contributed by atoms with Crippen molar-refractivity contribution in [2.45, 2.75) is 262 Å². The minimum absolute atomic E-state index is 0.0648. The summed E-state index contributed by atoms with van der Waals surface area (Å²) in [6, 6.07) is -1.15. The molecule has 0 spiro atoms. The third-order valence-corrected chi connectivity index (χ3v) is 21.9. The van der Waals surface area contributed by atoms with Crippen LogP contribution in [0, 0.1) is 46.3 Å². The number of nitrogens with zero attached hydrogens (tertiary/aromatic N) is 2. The molecule has 3 saturated carbocycles. The molecule has 0 bridgehead atoms. The van der Waals surface area contributed by atoms with Gasteiger partial charge in [0.25, 0.3) is 5.91 Å². The van der Waals surface area contributed by atoms with Crippen molar-refractivity contribution in [2.24, 2.45) is 46.3 Å². The largest absolute Gasteiger partial charge is 0.459 e. The molecule has 0 aromatic heterocycles. The number of esters is 1. The smallest absolute Gasteiger partial charge is 0.311 e. The number of carbonyl (C=O) groups is 3. The predicted molar refractivity (Wildman–Crippen MR) is 303 cm³/mol. The molecule has 20 heteroatoms. The van der Waals surface area contributed by atoms with Crippen LogP contribution in [0.15, 0.2) is 23.8 Å². The van der Waals surface area contributed by atoms with Crippen LogP contribution in [0.25, 0.3) is 0 Å². The Balaban J connectivity index is 1.16. The van der Waals surface area contributed by atoms with E-state index in [0.717, 1.165) is 0 Å². The second-order valence-corrected chi connectivity index (χ2v) is 27.6. The number of ether oxygens (including phenoxy) is 6. The van der Waals surface area contributed by atoms with E-state index in [4.69, 9.17) is 28.4 Å². The molecule has 19 nitrogen and oxygen atoms in total. The maximum Gasteiger partial charge on any atom is 0.311 e. The van der Waals surface area contributed by atoms with E-state index in [9.17, 15) is 50.1 Å². The molecule has 82 heavy (non-hydrogen) atoms. The zero-order chi connectivity index (χ0) is 61.2. The lowest BCUT2D eigenvalue weighted by atomic mass is 9.44. The molecular weight excluding hydrogens is 1060 g/mol. The first-order valence-electron chi connectivity index (χ1n) is 30.7. The van der Waals surface area contributed by atoms with Crippen LogP contribution in [0.3, 0.4) is 0 Å². The number of rotatable bonds is 13. The van der Waals surface area contributed by atoms with E-state index in [1.165, 1.54) is 26.2 Å². The van der Waals surface area contributed by atoms with Gasteiger partial charge in [-0.25, -0.2) is 4.39 Å². The van der Waals surface area contributed by atoms with Gasteiger partial charge in [0.15, 0.2) is 29.6 Å². The molecule has 3 aliphatic heterocycles. The van der Waals surface area contributed by atoms with Crippen LogP contribution in [-0.2, 0) is 42.8 Å². The Labute approximate surface area is 487 Å². The van der Waals surface area contributed by atoms with Gasteiger partial charge < -0.3 is 74.4 Å². The number of aliphatic hydroxyl groups excluding tert-OH is 4. The van der Waals surface area contributed by atoms with Crippen molar-refractivity contribution in [3.05, 3.63) is 23.8 Å². The van der Waals surface area contributed by atoms with E-state index in [2.05, 4.69) is 5.32 Å². The highest BCUT2D eigenvalue weighted by atomic mass is 19.1. The van der Waals surface area contributed by atoms with E-state index in [-0.39, 0.29) is 69.2 Å². The molecule has 0 aromatic rings. The Morgan fingerprint density at radius 1 is 0.902 bits per heavy atom. The predicted octanol–water partition coefficient (Wildman–Crippen LogP) is 4.52. The molecule has 3 saturated heterocycles. The summed E-state index contributed by atoms with van der Waals surface area (Å²) in [7, 11) is 3.40. The fourth-order valence-corrected chi connectivity index (χ4v) is 16.7. The van der Waals surface area contributed by atoms with Crippen molar-refractivity contribution >= 4 is 17.7 Å². The Kier molecular flexibility index (Phi) is 20.3. The van der Waals surface area contributed by atoms with Gasteiger partial charge in [-0.05, 0) is 150 Å². The van der Waals surface area contributed by atoms with Gasteiger partial charge in [0.2, 0.25) is 0 Å². The summed E-state index contributed by atoms with van der Waals surface area (Å²) in [5.74, 6) is -5.72. The Morgan fingerprint density at radius 2 is 1.57 bits per heavy atom. The molecule has 26 atom stereocenters. The average Bonchev–Trinajstić information content (AvgIpc) is 1.39. The number of amides is 1. The summed E-state index contributed by atoms with van der Waals surface area (Å²) in [6.45, 7) is 25.8. The van der Waals surface area contributed by atoms with Crippen molar-refractivity contribution in [3.8, 4) is 0 Å². The van der Waals surface area contributed by atoms with Gasteiger partial charge in [0.1, 0.15) is 30.0 Å². The molecule has 7 rings (SSSR count). The van der Waals surface area contributed by atoms with Crippen molar-refractivity contribution in [1.82, 2.24) is 15.1 Å². The lowest BCUT2D eigenvalue weighted by molar-refractivity contribution is -0.318. The molecule has 3 heterocycles. The number of carbonyl (C=O) groups excluding carboxylic acids is 3. The number of hydrogen-bond acceptors (Lipinski definition) is 18. The van der Waals surface area contributed by atoms with Crippen molar-refractivity contribution < 1.29 is 82.9 Å². The van der Waals surface area contributed by atoms with Gasteiger partial charge in [0, 0.05) is 67.9 Å². The minimum atomic E-state index is -2.13. The molecule has 1 amide bonds. The Morgan fingerprint density at radius 3 is 2.21 bits per heavy atom. The highest BCUT2D eigenvalue weighted by molar-refractivity contribution is 6.01. The molecule has 470 valence electrons. The third-order valence-electron chi connectivity index (χ3n) is 21.9. The first-order valence-corrected chi connectivity index (χ1v) is 30.7. The van der Waals surface area contributed by atoms with Crippen LogP contribution in [0.2, 0.25) is 0 Å². The van der Waals surface area contributed by atoms with Gasteiger partial charge in [-0.2, -0.15) is 0 Å². The number of hydrogen-bond donors (Lipinski definition) is 8. The SMILES string of the molecule is CC[C@H]1OC(=O)[C@H](C)[C@@H](OC2C[C@@](C)(OC)[C@@H](O)[C@H](C)O2)[C@H](C)[C@@H](OC2O[C@H](C)C[C@H](N(C)CC)[C@H]2O)[C@](C)(O)C[C@@H](C)CN(CCCNC(=O)[C@@]2(O)[C@H](C)CC3C4CCC5=CC(=O)C=C[C@]5(C)[C@@]4(F)[C@@H](O)C[C@@]32C)[C@H](C)[C@@H](O)[C@]1(C)O. The van der Waals surface area contributed by atoms with E-state index < -0.39 is 148 Å². The maximum absolute atomic E-state index is 17.9. The third kappa shape index (κ3) is 11.9. The van der Waals surface area contributed by atoms with Crippen LogP contribution in [0.5, 0.6) is 0 Å². The number of halogens is 1. The van der Waals surface area contributed by atoms with Gasteiger partial charge >= 0.3 is 5.97 Å². The average molecular weight is 1170 g/mol. The summed E-state index contributed by atoms with van der Waals surface area (Å²) < 4.78 is 56.3. The van der Waals surface area contributed by atoms with Crippen molar-refractivity contribution in [2.75, 3.05) is 40.3 Å². The summed E-state index contributed by atoms with van der Waals surface area (Å²) >= 11 is 0. The first kappa shape index (κ1) is 67.0. The maximum atomic E-state index is 17.9. The second-order valence-electron chi connectivity index (χ2n) is 27.6. The lowest BCUT2D eigenvalue weighted by Crippen LogP contribution is -2.70. The molecule has 4 aliphatic carbocycles. The number of cyclic esters (lactones) is 1. The van der Waals surface area contributed by atoms with Crippen molar-refractivity contribution in [3.63, 3.8) is 0 Å². The van der Waals surface area contributed by atoms with E-state index in [1.54, 1.807) is 75.3 Å². The molecular formula is C62H104FN3O16. The van der Waals surface area contributed by atoms with Crippen LogP contribution in [0.4, 0.5) is 4.39 Å². The Hall–Kier alpha value is -2.54. The van der Waals surface area contributed by atoms with Crippen LogP contribution >= 0.6 is 0 Å². The van der Waals surface area contributed by atoms with E-state index in [1.807, 2.05) is 37.6 Å². The molecule has 6 fully saturated rings. The van der Waals surface area contributed by atoms with Gasteiger partial charge in [-0.3, -0.25) is 19.3 Å². The van der Waals surface area contributed by atoms with Crippen LogP contribution in [-0.4, -0.2) is 211 Å². The zero-order valence-electron chi connectivity index (χ0n) is 52.0. The highest BCUT2D eigenvalue weighted by Crippen LogP contribution is 2.70. The second kappa shape index (κ2) is 24.9. The first-order chi connectivity index (χ1) is 38.0. The van der Waals surface area contributed by atoms with Crippen LogP contribution < -0.4 is 5.32 Å². The number of ketones is 1. The van der Waals surface area contributed by atoms with Crippen LogP contribution in [0.1, 0.15) is 155 Å². The Bertz CT molecular complexity index is 2330. The number of allylic oxidation sites excluding steroid dienone is 4. The minimum Gasteiger partial charge on any atom is -0.459 e. The normalized spacial score (nSPS) is 49.9. The van der Waals surface area contributed by atoms with Gasteiger partial charge in [-0.1, -0.05) is 53.2 Å². The number of nitrogens with one attached hydrogen (secondary N) is 1. The van der Waals surface area contributed by atoms with E-state index in [0.29, 0.717) is 44.2 Å². The number of alkyl halides is 1. The number of likely N-dealkylation sites (N-methyl/N-ethyl adjacent to an activating group) is 1. The lowest BCUT2D eigenvalue weighted by Gasteiger charge is -2.62. The highest BCUT2D eigenvalue weighted by Gasteiger charge is 2.76. The van der Waals surface area contributed by atoms with Crippen molar-refractivity contribution in [1.29, 1.82) is 0 Å². The quantitative estimate of drug-likeness (QED) is 0.0931. The summed E-state index contributed by atoms with van der Waals surface area (Å²) in [6.07, 6.45) is -5.60. The molecule has 4 unspecified atom stereocenters.